The number of hydrogen-bond acceptors (Lipinski definition) is 1. The van der Waals surface area contributed by atoms with E-state index in [1.807, 2.05) is 11.3 Å². The Morgan fingerprint density at radius 1 is 0.893 bits per heavy atom. The van der Waals surface area contributed by atoms with Crippen molar-refractivity contribution in [2.75, 3.05) is 0 Å². The summed E-state index contributed by atoms with van der Waals surface area (Å²) in [5.74, 6) is 0. The zero-order valence-corrected chi connectivity index (χ0v) is 18.4. The Labute approximate surface area is 173 Å². The summed E-state index contributed by atoms with van der Waals surface area (Å²) >= 11 is 1.86. The molecule has 146 valence electrons. The number of aromatic nitrogens is 1. The van der Waals surface area contributed by atoms with Crippen LogP contribution in [-0.4, -0.2) is 4.57 Å². The Morgan fingerprint density at radius 3 is 2.50 bits per heavy atom. The predicted molar refractivity (Wildman–Crippen MR) is 125 cm³/mol. The van der Waals surface area contributed by atoms with Crippen LogP contribution in [0.15, 0.2) is 53.9 Å². The molecule has 28 heavy (non-hydrogen) atoms. The summed E-state index contributed by atoms with van der Waals surface area (Å²) in [4.78, 5) is 0. The lowest BCUT2D eigenvalue weighted by Crippen LogP contribution is -2.16. The van der Waals surface area contributed by atoms with Gasteiger partial charge in [0.2, 0.25) is 0 Å². The van der Waals surface area contributed by atoms with E-state index in [2.05, 4.69) is 86.2 Å². The van der Waals surface area contributed by atoms with Gasteiger partial charge in [0.05, 0.1) is 15.9 Å². The fourth-order valence-electron chi connectivity index (χ4n) is 4.16. The molecule has 0 unspecified atom stereocenters. The summed E-state index contributed by atoms with van der Waals surface area (Å²) in [5, 5.41) is 4.94. The van der Waals surface area contributed by atoms with Gasteiger partial charge in [-0.3, -0.25) is 0 Å². The van der Waals surface area contributed by atoms with E-state index in [-0.39, 0.29) is 5.41 Å². The first kappa shape index (κ1) is 19.3. The number of nitrogens with zero attached hydrogens (tertiary/aromatic N) is 1. The van der Waals surface area contributed by atoms with Crippen molar-refractivity contribution in [1.82, 2.24) is 4.57 Å². The number of aryl methyl sites for hydroxylation is 1. The third kappa shape index (κ3) is 3.63. The lowest BCUT2D eigenvalue weighted by atomic mass is 9.91. The van der Waals surface area contributed by atoms with E-state index in [0.717, 1.165) is 0 Å². The molecule has 2 heteroatoms. The zero-order valence-electron chi connectivity index (χ0n) is 17.6. The molecule has 4 aromatic rings. The standard InChI is InChI=1S/C26H31NS/c1-5-6-7-8-11-19-16-21-14-15-28-25(21)23(17-19)27-22-13-10-9-12-20(22)18-24(27)26(2,3)4/h9-10,12-18H,5-8,11H2,1-4H3/i15+1. The molecular formula is C26H31NS. The van der Waals surface area contributed by atoms with E-state index >= 15 is 0 Å². The third-order valence-corrected chi connectivity index (χ3v) is 6.58. The molecule has 0 N–H and O–H groups in total. The monoisotopic (exact) mass is 390 g/mol. The maximum Gasteiger partial charge on any atom is 0.0639 e. The van der Waals surface area contributed by atoms with E-state index in [0.29, 0.717) is 0 Å². The van der Waals surface area contributed by atoms with Crippen LogP contribution in [0.4, 0.5) is 0 Å². The minimum Gasteiger partial charge on any atom is -0.312 e. The van der Waals surface area contributed by atoms with Gasteiger partial charge in [-0.15, -0.1) is 11.3 Å². The number of benzene rings is 2. The number of rotatable bonds is 6. The molecule has 0 spiro atoms. The molecule has 0 bridgehead atoms. The van der Waals surface area contributed by atoms with Gasteiger partial charge < -0.3 is 4.57 Å². The van der Waals surface area contributed by atoms with Crippen molar-refractivity contribution in [3.63, 3.8) is 0 Å². The van der Waals surface area contributed by atoms with Crippen molar-refractivity contribution in [1.29, 1.82) is 0 Å². The lowest BCUT2D eigenvalue weighted by molar-refractivity contribution is 0.560. The van der Waals surface area contributed by atoms with Crippen LogP contribution in [0.1, 0.15) is 64.6 Å². The lowest BCUT2D eigenvalue weighted by Gasteiger charge is -2.23. The number of hydrogen-bond donors (Lipinski definition) is 0. The SMILES string of the molecule is CCCCCCc1cc(-n2c(C(C)(C)C)cc3ccccc32)c2s[13cH]cc2c1. The first-order chi connectivity index (χ1) is 13.5. The molecule has 4 rings (SSSR count). The predicted octanol–water partition coefficient (Wildman–Crippen LogP) is 8.27. The van der Waals surface area contributed by atoms with Crippen LogP contribution < -0.4 is 0 Å². The van der Waals surface area contributed by atoms with Crippen LogP contribution in [0.25, 0.3) is 26.7 Å². The molecule has 2 aromatic heterocycles. The van der Waals surface area contributed by atoms with Gasteiger partial charge in [-0.1, -0.05) is 71.2 Å². The first-order valence-electron chi connectivity index (χ1n) is 10.6. The van der Waals surface area contributed by atoms with Gasteiger partial charge in [-0.2, -0.15) is 0 Å². The molecule has 0 aliphatic carbocycles. The fraction of sp³-hybridized carbons (Fsp3) is 0.385. The van der Waals surface area contributed by atoms with E-state index < -0.39 is 0 Å². The summed E-state index contributed by atoms with van der Waals surface area (Å²) in [6.07, 6.45) is 6.40. The molecule has 2 aromatic carbocycles. The van der Waals surface area contributed by atoms with Crippen molar-refractivity contribution in [3.8, 4) is 5.69 Å². The van der Waals surface area contributed by atoms with E-state index in [4.69, 9.17) is 0 Å². The molecule has 0 radical (unpaired) electrons. The van der Waals surface area contributed by atoms with Crippen molar-refractivity contribution < 1.29 is 0 Å². The van der Waals surface area contributed by atoms with Crippen molar-refractivity contribution in [3.05, 3.63) is 65.2 Å². The molecule has 0 saturated carbocycles. The van der Waals surface area contributed by atoms with E-state index in [1.165, 1.54) is 70.0 Å². The minimum atomic E-state index is 0.0831. The topological polar surface area (TPSA) is 4.93 Å². The molecule has 0 amide bonds. The molecule has 2 heterocycles. The van der Waals surface area contributed by atoms with Crippen LogP contribution >= 0.6 is 11.3 Å². The quantitative estimate of drug-likeness (QED) is 0.292. The summed E-state index contributed by atoms with van der Waals surface area (Å²) < 4.78 is 3.91. The smallest absolute Gasteiger partial charge is 0.0639 e. The average Bonchev–Trinajstić information content (AvgIpc) is 3.29. The summed E-state index contributed by atoms with van der Waals surface area (Å²) in [5.41, 5.74) is 5.59. The van der Waals surface area contributed by atoms with Gasteiger partial charge in [-0.05, 0) is 53.4 Å². The number of unbranched alkanes of at least 4 members (excludes halogenated alkanes) is 3. The Hall–Kier alpha value is -2.06. The number of fused-ring (bicyclic) bond motifs is 2. The molecule has 0 aliphatic rings. The van der Waals surface area contributed by atoms with Crippen molar-refractivity contribution >= 4 is 32.3 Å². The normalized spacial score (nSPS) is 12.3. The van der Waals surface area contributed by atoms with Crippen molar-refractivity contribution in [2.24, 2.45) is 0 Å². The fourth-order valence-corrected chi connectivity index (χ4v) is 5.04. The van der Waals surface area contributed by atoms with Crippen LogP contribution in [0.2, 0.25) is 0 Å². The molecule has 0 saturated heterocycles. The van der Waals surface area contributed by atoms with E-state index in [1.54, 1.807) is 0 Å². The minimum absolute atomic E-state index is 0.0831. The Bertz CT molecular complexity index is 1090. The van der Waals surface area contributed by atoms with Crippen LogP contribution in [0.5, 0.6) is 0 Å². The highest BCUT2D eigenvalue weighted by atomic mass is 32.1. The maximum atomic E-state index is 2.52. The molecule has 0 aliphatic heterocycles. The average molecular weight is 391 g/mol. The number of para-hydroxylation sites is 1. The first-order valence-corrected chi connectivity index (χ1v) is 11.5. The highest BCUT2D eigenvalue weighted by Gasteiger charge is 2.23. The Balaban J connectivity index is 1.90. The van der Waals surface area contributed by atoms with E-state index in [9.17, 15) is 0 Å². The van der Waals surface area contributed by atoms with Gasteiger partial charge in [0.25, 0.3) is 0 Å². The second-order valence-electron chi connectivity index (χ2n) is 8.94. The maximum absolute atomic E-state index is 2.52. The van der Waals surface area contributed by atoms with Gasteiger partial charge in [0.1, 0.15) is 0 Å². The molecule has 1 nitrogen and oxygen atoms in total. The van der Waals surface area contributed by atoms with Crippen LogP contribution in [0, 0.1) is 0 Å². The summed E-state index contributed by atoms with van der Waals surface area (Å²) in [7, 11) is 0. The van der Waals surface area contributed by atoms with Crippen molar-refractivity contribution in [2.45, 2.75) is 65.2 Å². The number of thiophene rings is 1. The second-order valence-corrected chi connectivity index (χ2v) is 9.85. The largest absolute Gasteiger partial charge is 0.312 e. The Morgan fingerprint density at radius 2 is 1.71 bits per heavy atom. The molecule has 0 fully saturated rings. The highest BCUT2D eigenvalue weighted by molar-refractivity contribution is 7.17. The third-order valence-electron chi connectivity index (χ3n) is 5.63. The summed E-state index contributed by atoms with van der Waals surface area (Å²) in [6, 6.07) is 18.3. The highest BCUT2D eigenvalue weighted by Crippen LogP contribution is 2.37. The van der Waals surface area contributed by atoms with Gasteiger partial charge >= 0.3 is 0 Å². The second kappa shape index (κ2) is 7.75. The van der Waals surface area contributed by atoms with Gasteiger partial charge in [0, 0.05) is 16.5 Å². The Kier molecular flexibility index (Phi) is 5.33. The van der Waals surface area contributed by atoms with Gasteiger partial charge in [0.15, 0.2) is 0 Å². The summed E-state index contributed by atoms with van der Waals surface area (Å²) in [6.45, 7) is 9.23. The van der Waals surface area contributed by atoms with Crippen LogP contribution in [-0.2, 0) is 11.8 Å². The molecular weight excluding hydrogens is 359 g/mol. The zero-order chi connectivity index (χ0) is 19.7. The molecule has 0 atom stereocenters. The van der Waals surface area contributed by atoms with Gasteiger partial charge in [-0.25, -0.2) is 0 Å². The van der Waals surface area contributed by atoms with Crippen LogP contribution in [0.3, 0.4) is 0 Å².